The van der Waals surface area contributed by atoms with E-state index in [1.54, 1.807) is 0 Å². The Morgan fingerprint density at radius 3 is 2.37 bits per heavy atom. The summed E-state index contributed by atoms with van der Waals surface area (Å²) < 4.78 is 6.93. The lowest BCUT2D eigenvalue weighted by Gasteiger charge is -2.09. The molecule has 2 N–H and O–H groups in total. The van der Waals surface area contributed by atoms with Crippen LogP contribution in [0.25, 0.3) is 0 Å². The van der Waals surface area contributed by atoms with Crippen molar-refractivity contribution in [3.63, 3.8) is 0 Å². The highest BCUT2D eigenvalue weighted by molar-refractivity contribution is 9.10. The lowest BCUT2D eigenvalue weighted by atomic mass is 10.1. The number of benzene rings is 1. The summed E-state index contributed by atoms with van der Waals surface area (Å²) in [5, 5.41) is 0. The third-order valence-electron chi connectivity index (χ3n) is 3.11. The van der Waals surface area contributed by atoms with E-state index in [1.165, 1.54) is 20.9 Å². The fraction of sp³-hybridized carbons (Fsp3) is 0.333. The second-order valence-electron chi connectivity index (χ2n) is 4.45. The molecule has 4 heteroatoms. The van der Waals surface area contributed by atoms with Crippen LogP contribution in [0.1, 0.15) is 20.9 Å². The monoisotopic (exact) mass is 339 g/mol. The molecule has 0 saturated carbocycles. The van der Waals surface area contributed by atoms with Crippen LogP contribution in [-0.4, -0.2) is 6.54 Å². The second kappa shape index (κ2) is 6.55. The van der Waals surface area contributed by atoms with Gasteiger partial charge in [-0.15, -0.1) is 11.3 Å². The standard InChI is InChI=1S/C15H18BrNOS/c1-10-14(7-8-17)15(11(2)19-10)9-18-13-5-3-12(16)4-6-13/h3-6H,7-9,17H2,1-2H3. The Hall–Kier alpha value is -0.840. The Bertz CT molecular complexity index is 548. The average molecular weight is 340 g/mol. The van der Waals surface area contributed by atoms with Gasteiger partial charge >= 0.3 is 0 Å². The van der Waals surface area contributed by atoms with Crippen molar-refractivity contribution >= 4 is 27.3 Å². The van der Waals surface area contributed by atoms with Crippen LogP contribution in [0.2, 0.25) is 0 Å². The number of hydrogen-bond donors (Lipinski definition) is 1. The number of nitrogens with two attached hydrogens (primary N) is 1. The molecule has 19 heavy (non-hydrogen) atoms. The minimum absolute atomic E-state index is 0.618. The largest absolute Gasteiger partial charge is 0.489 e. The van der Waals surface area contributed by atoms with Crippen LogP contribution in [0.4, 0.5) is 0 Å². The molecule has 0 aliphatic rings. The van der Waals surface area contributed by atoms with Crippen LogP contribution < -0.4 is 10.5 Å². The maximum Gasteiger partial charge on any atom is 0.119 e. The first-order valence-electron chi connectivity index (χ1n) is 6.28. The van der Waals surface area contributed by atoms with Crippen molar-refractivity contribution in [1.82, 2.24) is 0 Å². The molecule has 0 spiro atoms. The maximum atomic E-state index is 5.87. The van der Waals surface area contributed by atoms with E-state index >= 15 is 0 Å². The van der Waals surface area contributed by atoms with Crippen LogP contribution in [0.5, 0.6) is 5.75 Å². The Morgan fingerprint density at radius 1 is 1.11 bits per heavy atom. The molecule has 2 nitrogen and oxygen atoms in total. The molecule has 0 unspecified atom stereocenters. The summed E-state index contributed by atoms with van der Waals surface area (Å²) in [6.45, 7) is 5.61. The molecule has 0 aliphatic carbocycles. The first kappa shape index (κ1) is 14.6. The summed E-state index contributed by atoms with van der Waals surface area (Å²) >= 11 is 5.25. The van der Waals surface area contributed by atoms with Crippen molar-refractivity contribution in [1.29, 1.82) is 0 Å². The van der Waals surface area contributed by atoms with Gasteiger partial charge in [-0.3, -0.25) is 0 Å². The molecular weight excluding hydrogens is 322 g/mol. The quantitative estimate of drug-likeness (QED) is 0.885. The van der Waals surface area contributed by atoms with Gasteiger partial charge in [0.25, 0.3) is 0 Å². The van der Waals surface area contributed by atoms with Crippen molar-refractivity contribution in [3.05, 3.63) is 49.6 Å². The Morgan fingerprint density at radius 2 is 1.74 bits per heavy atom. The predicted molar refractivity (Wildman–Crippen MR) is 85.0 cm³/mol. The van der Waals surface area contributed by atoms with Gasteiger partial charge in [0.2, 0.25) is 0 Å². The lowest BCUT2D eigenvalue weighted by molar-refractivity contribution is 0.305. The molecule has 2 aromatic rings. The van der Waals surface area contributed by atoms with Crippen LogP contribution in [0.15, 0.2) is 28.7 Å². The van der Waals surface area contributed by atoms with Crippen LogP contribution in [0, 0.1) is 13.8 Å². The molecule has 2 rings (SSSR count). The van der Waals surface area contributed by atoms with Crippen molar-refractivity contribution in [2.24, 2.45) is 5.73 Å². The number of ether oxygens (including phenoxy) is 1. The SMILES string of the molecule is Cc1sc(C)c(COc2ccc(Br)cc2)c1CCN. The van der Waals surface area contributed by atoms with Crippen molar-refractivity contribution < 1.29 is 4.74 Å². The van der Waals surface area contributed by atoms with Gasteiger partial charge in [0.1, 0.15) is 12.4 Å². The Kier molecular flexibility index (Phi) is 5.02. The molecule has 1 heterocycles. The molecule has 0 aliphatic heterocycles. The van der Waals surface area contributed by atoms with E-state index in [-0.39, 0.29) is 0 Å². The predicted octanol–water partition coefficient (Wildman–Crippen LogP) is 4.21. The summed E-state index contributed by atoms with van der Waals surface area (Å²) in [6, 6.07) is 7.92. The zero-order valence-corrected chi connectivity index (χ0v) is 13.6. The van der Waals surface area contributed by atoms with Crippen LogP contribution in [0.3, 0.4) is 0 Å². The average Bonchev–Trinajstić information content (AvgIpc) is 2.65. The van der Waals surface area contributed by atoms with Gasteiger partial charge in [0, 0.05) is 19.8 Å². The first-order valence-corrected chi connectivity index (χ1v) is 7.89. The highest BCUT2D eigenvalue weighted by Gasteiger charge is 2.12. The second-order valence-corrected chi connectivity index (χ2v) is 6.80. The lowest BCUT2D eigenvalue weighted by Crippen LogP contribution is -2.07. The summed E-state index contributed by atoms with van der Waals surface area (Å²) in [6.07, 6.45) is 0.926. The van der Waals surface area contributed by atoms with E-state index < -0.39 is 0 Å². The van der Waals surface area contributed by atoms with E-state index in [9.17, 15) is 0 Å². The summed E-state index contributed by atoms with van der Waals surface area (Å²) in [5.74, 6) is 0.894. The van der Waals surface area contributed by atoms with E-state index in [4.69, 9.17) is 10.5 Å². The molecule has 102 valence electrons. The third kappa shape index (κ3) is 3.59. The third-order valence-corrected chi connectivity index (χ3v) is 4.75. The fourth-order valence-corrected chi connectivity index (χ4v) is 3.50. The van der Waals surface area contributed by atoms with Gasteiger partial charge in [0.05, 0.1) is 0 Å². The first-order chi connectivity index (χ1) is 9.11. The smallest absolute Gasteiger partial charge is 0.119 e. The van der Waals surface area contributed by atoms with Crippen molar-refractivity contribution in [2.45, 2.75) is 26.9 Å². The molecule has 1 aromatic carbocycles. The van der Waals surface area contributed by atoms with Gasteiger partial charge < -0.3 is 10.5 Å². The zero-order chi connectivity index (χ0) is 13.8. The highest BCUT2D eigenvalue weighted by Crippen LogP contribution is 2.29. The number of hydrogen-bond acceptors (Lipinski definition) is 3. The summed E-state index contributed by atoms with van der Waals surface area (Å²) in [7, 11) is 0. The molecule has 0 fully saturated rings. The van der Waals surface area contributed by atoms with Gasteiger partial charge in [0.15, 0.2) is 0 Å². The van der Waals surface area contributed by atoms with Gasteiger partial charge in [-0.1, -0.05) is 15.9 Å². The van der Waals surface area contributed by atoms with Crippen molar-refractivity contribution in [3.8, 4) is 5.75 Å². The topological polar surface area (TPSA) is 35.2 Å². The molecule has 0 atom stereocenters. The van der Waals surface area contributed by atoms with E-state index in [1.807, 2.05) is 35.6 Å². The highest BCUT2D eigenvalue weighted by atomic mass is 79.9. The molecular formula is C15H18BrNOS. The number of halogens is 1. The minimum atomic E-state index is 0.618. The zero-order valence-electron chi connectivity index (χ0n) is 11.2. The molecule has 1 aromatic heterocycles. The van der Waals surface area contributed by atoms with E-state index in [2.05, 4.69) is 29.8 Å². The van der Waals surface area contributed by atoms with Gasteiger partial charge in [-0.25, -0.2) is 0 Å². The normalized spacial score (nSPS) is 10.7. The molecule has 0 radical (unpaired) electrons. The number of aryl methyl sites for hydroxylation is 2. The summed E-state index contributed by atoms with van der Waals surface area (Å²) in [4.78, 5) is 2.69. The Balaban J connectivity index is 2.12. The van der Waals surface area contributed by atoms with Crippen molar-refractivity contribution in [2.75, 3.05) is 6.54 Å². The van der Waals surface area contributed by atoms with E-state index in [0.717, 1.165) is 16.6 Å². The number of thiophene rings is 1. The molecule has 0 bridgehead atoms. The van der Waals surface area contributed by atoms with Gasteiger partial charge in [-0.2, -0.15) is 0 Å². The van der Waals surface area contributed by atoms with E-state index in [0.29, 0.717) is 13.2 Å². The van der Waals surface area contributed by atoms with Gasteiger partial charge in [-0.05, 0) is 56.6 Å². The molecule has 0 saturated heterocycles. The minimum Gasteiger partial charge on any atom is -0.489 e. The fourth-order valence-electron chi connectivity index (χ4n) is 2.12. The molecule has 0 amide bonds. The van der Waals surface area contributed by atoms with Crippen LogP contribution in [-0.2, 0) is 13.0 Å². The summed E-state index contributed by atoms with van der Waals surface area (Å²) in [5.41, 5.74) is 8.35. The Labute approximate surface area is 126 Å². The van der Waals surface area contributed by atoms with Crippen LogP contribution >= 0.6 is 27.3 Å². The number of rotatable bonds is 5. The maximum absolute atomic E-state index is 5.87.